The standard InChI is InChI=1S/C29H50O8Si3/c1-27-21(30)13-22(37-40(9,10)11)29(35-26(27)32)20-12-19(36-39(6,7)8)18-15-28(20,23(24(27)29)25(31)33-2)14-17(18)16-34-38(3,4)5/h17-20,22-24H,12-16H2,1-11H3/t17?,18?,19-,20+,22+,23+,24+,27-,28-,29-/m0/s1. The minimum Gasteiger partial charge on any atom is -0.469 e. The van der Waals surface area contributed by atoms with E-state index < -0.39 is 65.3 Å². The Hall–Kier alpha value is -0.859. The van der Waals surface area contributed by atoms with Crippen LogP contribution in [0.5, 0.6) is 0 Å². The third kappa shape index (κ3) is 4.47. The van der Waals surface area contributed by atoms with Gasteiger partial charge in [0.25, 0.3) is 0 Å². The predicted molar refractivity (Wildman–Crippen MR) is 158 cm³/mol. The number of esters is 2. The van der Waals surface area contributed by atoms with E-state index >= 15 is 0 Å². The number of methoxy groups -OCH3 is 1. The average Bonchev–Trinajstić information content (AvgIpc) is 3.31. The quantitative estimate of drug-likeness (QED) is 0.215. The number of carbonyl (C=O) groups excluding carboxylic acids is 3. The summed E-state index contributed by atoms with van der Waals surface area (Å²) < 4.78 is 32.3. The van der Waals surface area contributed by atoms with Crippen LogP contribution in [0.25, 0.3) is 0 Å². The van der Waals surface area contributed by atoms with Gasteiger partial charge < -0.3 is 22.8 Å². The Balaban J connectivity index is 1.70. The molecular weight excluding hydrogens is 561 g/mol. The van der Waals surface area contributed by atoms with Gasteiger partial charge in [0.15, 0.2) is 30.7 Å². The Bertz CT molecular complexity index is 1090. The van der Waals surface area contributed by atoms with Gasteiger partial charge in [-0.15, -0.1) is 0 Å². The molecule has 4 aliphatic carbocycles. The zero-order valence-electron chi connectivity index (χ0n) is 26.3. The van der Waals surface area contributed by atoms with E-state index in [9.17, 15) is 14.4 Å². The van der Waals surface area contributed by atoms with Crippen molar-refractivity contribution < 1.29 is 37.1 Å². The van der Waals surface area contributed by atoms with Crippen LogP contribution in [0.4, 0.5) is 0 Å². The maximum Gasteiger partial charge on any atom is 0.320 e. The van der Waals surface area contributed by atoms with Gasteiger partial charge in [-0.2, -0.15) is 0 Å². The molecule has 5 aliphatic rings. The second kappa shape index (κ2) is 9.32. The van der Waals surface area contributed by atoms with Crippen LogP contribution in [0, 0.1) is 40.4 Å². The highest BCUT2D eigenvalue weighted by atomic mass is 28.4. The highest BCUT2D eigenvalue weighted by molar-refractivity contribution is 6.70. The molecule has 2 unspecified atom stereocenters. The van der Waals surface area contributed by atoms with Gasteiger partial charge in [-0.25, -0.2) is 0 Å². The number of carbonyl (C=O) groups is 3. The molecule has 11 heteroatoms. The fourth-order valence-electron chi connectivity index (χ4n) is 9.42. The number of ketones is 1. The van der Waals surface area contributed by atoms with Gasteiger partial charge in [-0.3, -0.25) is 14.4 Å². The van der Waals surface area contributed by atoms with Crippen LogP contribution < -0.4 is 0 Å². The molecular formula is C29H50O8Si3. The van der Waals surface area contributed by atoms with E-state index in [-0.39, 0.29) is 42.0 Å². The van der Waals surface area contributed by atoms with E-state index in [0.29, 0.717) is 13.0 Å². The molecule has 5 rings (SSSR count). The second-order valence-electron chi connectivity index (χ2n) is 16.3. The molecule has 4 saturated carbocycles. The fourth-order valence-corrected chi connectivity index (χ4v) is 12.4. The van der Waals surface area contributed by atoms with Gasteiger partial charge in [0.05, 0.1) is 19.1 Å². The molecule has 1 aliphatic heterocycles. The maximum atomic E-state index is 13.9. The Morgan fingerprint density at radius 1 is 0.950 bits per heavy atom. The minimum atomic E-state index is -2.17. The Kier molecular flexibility index (Phi) is 7.13. The van der Waals surface area contributed by atoms with Crippen LogP contribution in [-0.4, -0.2) is 74.2 Å². The van der Waals surface area contributed by atoms with Gasteiger partial charge in [0, 0.05) is 31.0 Å². The molecule has 1 heterocycles. The molecule has 0 aromatic carbocycles. The lowest BCUT2D eigenvalue weighted by Crippen LogP contribution is -2.62. The van der Waals surface area contributed by atoms with Gasteiger partial charge >= 0.3 is 11.9 Å². The molecule has 0 aromatic heterocycles. The summed E-state index contributed by atoms with van der Waals surface area (Å²) in [6.07, 6.45) is 1.78. The first-order chi connectivity index (χ1) is 18.2. The van der Waals surface area contributed by atoms with Crippen molar-refractivity contribution in [3.8, 4) is 0 Å². The molecule has 40 heavy (non-hydrogen) atoms. The fraction of sp³-hybridized carbons (Fsp3) is 0.897. The maximum absolute atomic E-state index is 13.9. The summed E-state index contributed by atoms with van der Waals surface area (Å²) >= 11 is 0. The van der Waals surface area contributed by atoms with E-state index in [2.05, 4.69) is 58.9 Å². The molecule has 8 nitrogen and oxygen atoms in total. The van der Waals surface area contributed by atoms with Crippen LogP contribution >= 0.6 is 0 Å². The summed E-state index contributed by atoms with van der Waals surface area (Å²) in [4.78, 5) is 41.5. The molecule has 226 valence electrons. The van der Waals surface area contributed by atoms with Gasteiger partial charge in [0.2, 0.25) is 0 Å². The highest BCUT2D eigenvalue weighted by Crippen LogP contribution is 2.78. The van der Waals surface area contributed by atoms with E-state index in [1.807, 2.05) is 0 Å². The number of hydrogen-bond donors (Lipinski definition) is 0. The van der Waals surface area contributed by atoms with Crippen LogP contribution in [-0.2, 0) is 37.1 Å². The first-order valence-electron chi connectivity index (χ1n) is 15.0. The minimum absolute atomic E-state index is 0.0235. The monoisotopic (exact) mass is 610 g/mol. The Morgan fingerprint density at radius 3 is 2.12 bits per heavy atom. The van der Waals surface area contributed by atoms with Crippen molar-refractivity contribution in [3.63, 3.8) is 0 Å². The van der Waals surface area contributed by atoms with E-state index in [4.69, 9.17) is 22.8 Å². The van der Waals surface area contributed by atoms with Crippen molar-refractivity contribution in [2.24, 2.45) is 40.4 Å². The molecule has 4 bridgehead atoms. The summed E-state index contributed by atoms with van der Waals surface area (Å²) in [5, 5.41) is 0. The van der Waals surface area contributed by atoms with Crippen LogP contribution in [0.2, 0.25) is 58.9 Å². The number of hydrogen-bond acceptors (Lipinski definition) is 8. The van der Waals surface area contributed by atoms with Gasteiger partial charge in [-0.1, -0.05) is 0 Å². The average molecular weight is 611 g/mol. The van der Waals surface area contributed by atoms with Crippen molar-refractivity contribution in [2.45, 2.75) is 109 Å². The van der Waals surface area contributed by atoms with Gasteiger partial charge in [0.1, 0.15) is 11.0 Å². The third-order valence-corrected chi connectivity index (χ3v) is 13.5. The first kappa shape index (κ1) is 30.6. The zero-order chi connectivity index (χ0) is 29.8. The molecule has 1 saturated heterocycles. The number of ether oxygens (including phenoxy) is 2. The number of rotatable bonds is 8. The summed E-state index contributed by atoms with van der Waals surface area (Å²) in [6, 6.07) is 0. The second-order valence-corrected chi connectivity index (χ2v) is 29.8. The lowest BCUT2D eigenvalue weighted by molar-refractivity contribution is -0.176. The highest BCUT2D eigenvalue weighted by Gasteiger charge is 2.87. The summed E-state index contributed by atoms with van der Waals surface area (Å²) in [7, 11) is -4.47. The van der Waals surface area contributed by atoms with Crippen LogP contribution in [0.3, 0.4) is 0 Å². The van der Waals surface area contributed by atoms with Crippen molar-refractivity contribution in [1.29, 1.82) is 0 Å². The van der Waals surface area contributed by atoms with E-state index in [1.165, 1.54) is 7.11 Å². The van der Waals surface area contributed by atoms with Crippen LogP contribution in [0.15, 0.2) is 0 Å². The lowest BCUT2D eigenvalue weighted by Gasteiger charge is -2.50. The van der Waals surface area contributed by atoms with Crippen molar-refractivity contribution in [1.82, 2.24) is 0 Å². The molecule has 10 atom stereocenters. The molecule has 5 fully saturated rings. The van der Waals surface area contributed by atoms with Crippen LogP contribution in [0.1, 0.15) is 32.6 Å². The van der Waals surface area contributed by atoms with Crippen molar-refractivity contribution >= 4 is 42.7 Å². The normalized spacial score (nSPS) is 44.3. The first-order valence-corrected chi connectivity index (χ1v) is 25.3. The van der Waals surface area contributed by atoms with Gasteiger partial charge in [-0.05, 0) is 102 Å². The number of Topliss-reactive ketones (excluding diaryl/α,β-unsaturated/α-hetero) is 1. The topological polar surface area (TPSA) is 97.4 Å². The summed E-state index contributed by atoms with van der Waals surface area (Å²) in [6.45, 7) is 21.9. The molecule has 0 amide bonds. The summed E-state index contributed by atoms with van der Waals surface area (Å²) in [5.74, 6) is -1.96. The molecule has 0 aromatic rings. The molecule has 0 N–H and O–H groups in total. The Morgan fingerprint density at radius 2 is 1.57 bits per heavy atom. The number of fused-ring (bicyclic) bond motifs is 1. The largest absolute Gasteiger partial charge is 0.469 e. The smallest absolute Gasteiger partial charge is 0.320 e. The lowest BCUT2D eigenvalue weighted by atomic mass is 9.58. The third-order valence-electron chi connectivity index (χ3n) is 10.4. The molecule has 1 spiro atoms. The predicted octanol–water partition coefficient (Wildman–Crippen LogP) is 5.00. The van der Waals surface area contributed by atoms with Crippen molar-refractivity contribution in [3.05, 3.63) is 0 Å². The Labute approximate surface area is 242 Å². The van der Waals surface area contributed by atoms with E-state index in [0.717, 1.165) is 12.8 Å². The van der Waals surface area contributed by atoms with Crippen molar-refractivity contribution in [2.75, 3.05) is 13.7 Å². The molecule has 0 radical (unpaired) electrons. The SMILES string of the molecule is COC(=O)[C@H]1[C@@H]2[C@]3(C)C(=O)C[C@@H](O[Si](C)(C)C)[C@@]2(OC3=O)[C@@H]2C[C@H](O[Si](C)(C)C)C3C[C@@]21CC3CO[Si](C)(C)C. The summed E-state index contributed by atoms with van der Waals surface area (Å²) in [5.41, 5.74) is -2.91. The zero-order valence-corrected chi connectivity index (χ0v) is 29.3. The van der Waals surface area contributed by atoms with E-state index in [1.54, 1.807) is 6.92 Å².